The Kier molecular flexibility index (Phi) is 6.65. The molecular weight excluding hydrogens is 446 g/mol. The largest absolute Gasteiger partial charge is 0.488 e. The first-order chi connectivity index (χ1) is 15.0. The zero-order valence-electron chi connectivity index (χ0n) is 17.5. The lowest BCUT2D eigenvalue weighted by molar-refractivity contribution is 0.101. The van der Waals surface area contributed by atoms with E-state index in [4.69, 9.17) is 15.0 Å². The van der Waals surface area contributed by atoms with Gasteiger partial charge in [-0.1, -0.05) is 5.16 Å². The van der Waals surface area contributed by atoms with Gasteiger partial charge in [0.2, 0.25) is 0 Å². The number of thiol groups is 1. The van der Waals surface area contributed by atoms with Gasteiger partial charge in [0, 0.05) is 37.5 Å². The number of aromatic nitrogens is 2. The molecule has 9 nitrogen and oxygen atoms in total. The molecule has 1 unspecified atom stereocenters. The van der Waals surface area contributed by atoms with Crippen molar-refractivity contribution in [2.24, 2.45) is 12.8 Å². The third kappa shape index (κ3) is 5.32. The number of nitrogens with one attached hydrogen (secondary N) is 1. The van der Waals surface area contributed by atoms with Gasteiger partial charge in [-0.25, -0.2) is 17.2 Å². The Morgan fingerprint density at radius 1 is 1.31 bits per heavy atom. The van der Waals surface area contributed by atoms with E-state index in [1.807, 2.05) is 0 Å². The molecule has 0 aliphatic heterocycles. The van der Waals surface area contributed by atoms with E-state index in [0.717, 1.165) is 12.1 Å². The van der Waals surface area contributed by atoms with Crippen molar-refractivity contribution in [2.75, 3.05) is 11.9 Å². The number of hydrogen-bond acceptors (Lipinski definition) is 7. The van der Waals surface area contributed by atoms with E-state index in [1.54, 1.807) is 19.9 Å². The summed E-state index contributed by atoms with van der Waals surface area (Å²) in [5.74, 6) is -2.57. The number of anilines is 1. The molecule has 2 heterocycles. The number of nitrogens with zero attached hydrogens (tertiary/aromatic N) is 2. The fraction of sp³-hybridized carbons (Fsp3) is 0.300. The van der Waals surface area contributed by atoms with Crippen molar-refractivity contribution in [3.63, 3.8) is 0 Å². The van der Waals surface area contributed by atoms with Crippen LogP contribution in [0.4, 0.5) is 14.5 Å². The van der Waals surface area contributed by atoms with Gasteiger partial charge in [-0.3, -0.25) is 4.79 Å². The smallest absolute Gasteiger partial charge is 0.276 e. The molecule has 0 fully saturated rings. The first-order valence-corrected chi connectivity index (χ1v) is 10.6. The monoisotopic (exact) mass is 468 g/mol. The Morgan fingerprint density at radius 2 is 2.03 bits per heavy atom. The predicted molar refractivity (Wildman–Crippen MR) is 111 cm³/mol. The van der Waals surface area contributed by atoms with Crippen molar-refractivity contribution in [1.82, 2.24) is 9.72 Å². The zero-order chi connectivity index (χ0) is 23.6. The van der Waals surface area contributed by atoms with Crippen LogP contribution in [-0.2, 0) is 24.2 Å². The number of hydrogen-bond donors (Lipinski definition) is 3. The number of ether oxygens (including phenoxy) is 1. The number of carbonyl (C=O) groups is 1. The summed E-state index contributed by atoms with van der Waals surface area (Å²) < 4.78 is 62.1. The quantitative estimate of drug-likeness (QED) is 0.432. The normalized spacial score (nSPS) is 13.2. The van der Waals surface area contributed by atoms with Crippen LogP contribution in [0, 0.1) is 18.6 Å². The van der Waals surface area contributed by atoms with Crippen LogP contribution in [0.5, 0.6) is 5.75 Å². The second-order valence-corrected chi connectivity index (χ2v) is 8.69. The van der Waals surface area contributed by atoms with E-state index in [2.05, 4.69) is 10.5 Å². The fourth-order valence-electron chi connectivity index (χ4n) is 3.09. The van der Waals surface area contributed by atoms with Crippen molar-refractivity contribution >= 4 is 22.3 Å². The molecule has 0 radical (unpaired) electrons. The molecule has 2 aromatic heterocycles. The molecule has 0 saturated heterocycles. The van der Waals surface area contributed by atoms with Gasteiger partial charge >= 0.3 is 0 Å². The van der Waals surface area contributed by atoms with Gasteiger partial charge in [0.15, 0.2) is 33.8 Å². The summed E-state index contributed by atoms with van der Waals surface area (Å²) in [5, 5.41) is 6.28. The second kappa shape index (κ2) is 9.09. The summed E-state index contributed by atoms with van der Waals surface area (Å²) in [6.07, 6.45) is 1.49. The zero-order valence-corrected chi connectivity index (χ0v) is 18.4. The topological polar surface area (TPSA) is 129 Å². The Labute approximate surface area is 184 Å². The van der Waals surface area contributed by atoms with Crippen LogP contribution in [0.3, 0.4) is 0 Å². The first-order valence-electron chi connectivity index (χ1n) is 9.41. The van der Waals surface area contributed by atoms with Crippen LogP contribution in [0.15, 0.2) is 39.9 Å². The van der Waals surface area contributed by atoms with Crippen LogP contribution >= 0.6 is 0 Å². The average molecular weight is 468 g/mol. The third-order valence-electron chi connectivity index (χ3n) is 4.51. The van der Waals surface area contributed by atoms with Crippen LogP contribution in [0.25, 0.3) is 0 Å². The maximum absolute atomic E-state index is 13.5. The molecule has 1 amide bonds. The second-order valence-electron chi connectivity index (χ2n) is 7.69. The van der Waals surface area contributed by atoms with Gasteiger partial charge in [-0.05, 0) is 26.0 Å². The standard InChI is InChI=1S/C20H22F2N4O5S/c1-11-6-13(25-31-11)8-20(2,23)10-30-18-16(32(28)29)9-26(3)17(18)19(27)24-12-4-5-14(21)15(22)7-12/h4-7,9,32H,8,10,23H2,1-3H3,(H,24,27). The van der Waals surface area contributed by atoms with E-state index in [1.165, 1.54) is 23.9 Å². The molecule has 0 saturated carbocycles. The van der Waals surface area contributed by atoms with Gasteiger partial charge in [0.25, 0.3) is 5.91 Å². The van der Waals surface area contributed by atoms with Crippen molar-refractivity contribution in [3.05, 3.63) is 59.2 Å². The first kappa shape index (κ1) is 23.4. The minimum atomic E-state index is -3.10. The Balaban J connectivity index is 1.85. The maximum Gasteiger partial charge on any atom is 0.276 e. The number of rotatable bonds is 8. The molecule has 12 heteroatoms. The number of nitrogens with two attached hydrogens (primary N) is 1. The Morgan fingerprint density at radius 3 is 2.62 bits per heavy atom. The maximum atomic E-state index is 13.5. The van der Waals surface area contributed by atoms with Gasteiger partial charge in [-0.2, -0.15) is 0 Å². The molecule has 0 aliphatic carbocycles. The molecule has 0 aliphatic rings. The lowest BCUT2D eigenvalue weighted by atomic mass is 9.98. The highest BCUT2D eigenvalue weighted by Crippen LogP contribution is 2.29. The third-order valence-corrected chi connectivity index (χ3v) is 5.23. The van der Waals surface area contributed by atoms with E-state index in [0.29, 0.717) is 11.5 Å². The lowest BCUT2D eigenvalue weighted by Gasteiger charge is -2.24. The molecular formula is C20H22F2N4O5S. The summed E-state index contributed by atoms with van der Waals surface area (Å²) in [4.78, 5) is 12.6. The number of amides is 1. The summed E-state index contributed by atoms with van der Waals surface area (Å²) in [5.41, 5.74) is 5.75. The average Bonchev–Trinajstić information content (AvgIpc) is 3.25. The minimum absolute atomic E-state index is 0.0147. The van der Waals surface area contributed by atoms with Gasteiger partial charge in [0.05, 0.1) is 11.2 Å². The van der Waals surface area contributed by atoms with Crippen molar-refractivity contribution in [2.45, 2.75) is 30.7 Å². The van der Waals surface area contributed by atoms with E-state index in [9.17, 15) is 22.0 Å². The van der Waals surface area contributed by atoms with Crippen LogP contribution in [0.2, 0.25) is 0 Å². The number of halogens is 2. The van der Waals surface area contributed by atoms with Crippen LogP contribution in [-0.4, -0.2) is 36.2 Å². The molecule has 3 N–H and O–H groups in total. The summed E-state index contributed by atoms with van der Waals surface area (Å²) >= 11 is 0. The highest BCUT2D eigenvalue weighted by molar-refractivity contribution is 7.72. The predicted octanol–water partition coefficient (Wildman–Crippen LogP) is 2.16. The van der Waals surface area contributed by atoms with Crippen LogP contribution < -0.4 is 15.8 Å². The molecule has 1 atom stereocenters. The van der Waals surface area contributed by atoms with Crippen molar-refractivity contribution in [3.8, 4) is 5.75 Å². The molecule has 0 bridgehead atoms. The molecule has 3 rings (SSSR count). The fourth-order valence-corrected chi connectivity index (χ4v) is 3.69. The summed E-state index contributed by atoms with van der Waals surface area (Å²) in [7, 11) is -1.65. The molecule has 3 aromatic rings. The minimum Gasteiger partial charge on any atom is -0.488 e. The molecule has 1 aromatic carbocycles. The highest BCUT2D eigenvalue weighted by atomic mass is 32.2. The molecule has 0 spiro atoms. The SMILES string of the molecule is Cc1cc(CC(C)(N)COc2c([SH](=O)=O)cn(C)c2C(=O)Nc2ccc(F)c(F)c2)no1. The van der Waals surface area contributed by atoms with Gasteiger partial charge in [-0.15, -0.1) is 0 Å². The van der Waals surface area contributed by atoms with Crippen molar-refractivity contribution in [1.29, 1.82) is 0 Å². The van der Waals surface area contributed by atoms with Crippen molar-refractivity contribution < 1.29 is 31.3 Å². The van der Waals surface area contributed by atoms with Gasteiger partial charge in [0.1, 0.15) is 17.3 Å². The number of benzene rings is 1. The molecule has 32 heavy (non-hydrogen) atoms. The lowest BCUT2D eigenvalue weighted by Crippen LogP contribution is -2.44. The van der Waals surface area contributed by atoms with E-state index in [-0.39, 0.29) is 35.1 Å². The van der Waals surface area contributed by atoms with Gasteiger partial charge < -0.3 is 24.9 Å². The number of aryl methyl sites for hydroxylation is 2. The number of carbonyl (C=O) groups excluding carboxylic acids is 1. The van der Waals surface area contributed by atoms with E-state index < -0.39 is 33.8 Å². The van der Waals surface area contributed by atoms with E-state index >= 15 is 0 Å². The summed E-state index contributed by atoms with van der Waals surface area (Å²) in [6, 6.07) is 4.56. The molecule has 172 valence electrons. The Bertz CT molecular complexity index is 1220. The summed E-state index contributed by atoms with van der Waals surface area (Å²) in [6.45, 7) is 3.27. The van der Waals surface area contributed by atoms with Crippen LogP contribution in [0.1, 0.15) is 28.9 Å². The highest BCUT2D eigenvalue weighted by Gasteiger charge is 2.28. The Hall–Kier alpha value is -3.25.